The smallest absolute Gasteiger partial charge is 0.363 e. The summed E-state index contributed by atoms with van der Waals surface area (Å²) in [5.41, 5.74) is 3.15. The van der Waals surface area contributed by atoms with E-state index in [-0.39, 0.29) is 0 Å². The van der Waals surface area contributed by atoms with Crippen molar-refractivity contribution in [3.63, 3.8) is 0 Å². The van der Waals surface area contributed by atoms with E-state index in [2.05, 4.69) is 11.1 Å². The van der Waals surface area contributed by atoms with E-state index in [4.69, 9.17) is 4.74 Å². The molecule has 24 heavy (non-hydrogen) atoms. The highest BCUT2D eigenvalue weighted by Crippen LogP contribution is 2.22. The number of carbonyl (C=O) groups excluding carboxylic acids is 1. The maximum atomic E-state index is 12.1. The third-order valence-corrected chi connectivity index (χ3v) is 3.96. The summed E-state index contributed by atoms with van der Waals surface area (Å²) in [6.45, 7) is 1.99. The summed E-state index contributed by atoms with van der Waals surface area (Å²) in [4.78, 5) is 16.5. The summed E-state index contributed by atoms with van der Waals surface area (Å²) in [6, 6.07) is 21.9. The SMILES string of the molecule is Cc1cccc(C2=N/C(=C\c3ccc4ccccc4c3)C(=O)O2)c1. The third-order valence-electron chi connectivity index (χ3n) is 3.96. The molecule has 3 aromatic carbocycles. The Kier molecular flexibility index (Phi) is 3.47. The van der Waals surface area contributed by atoms with E-state index in [0.29, 0.717) is 11.6 Å². The first kappa shape index (κ1) is 14.4. The van der Waals surface area contributed by atoms with Crippen LogP contribution in [0.1, 0.15) is 16.7 Å². The molecule has 3 heteroatoms. The van der Waals surface area contributed by atoms with Gasteiger partial charge in [-0.15, -0.1) is 0 Å². The summed E-state index contributed by atoms with van der Waals surface area (Å²) in [6.07, 6.45) is 1.76. The van der Waals surface area contributed by atoms with Crippen LogP contribution in [-0.4, -0.2) is 11.9 Å². The minimum atomic E-state index is -0.417. The van der Waals surface area contributed by atoms with Gasteiger partial charge in [0.25, 0.3) is 0 Å². The molecule has 0 saturated heterocycles. The van der Waals surface area contributed by atoms with E-state index in [0.717, 1.165) is 27.5 Å². The second-order valence-corrected chi connectivity index (χ2v) is 5.81. The quantitative estimate of drug-likeness (QED) is 0.516. The number of hydrogen-bond donors (Lipinski definition) is 0. The van der Waals surface area contributed by atoms with Crippen molar-refractivity contribution < 1.29 is 9.53 Å². The predicted octanol–water partition coefficient (Wildman–Crippen LogP) is 4.49. The minimum absolute atomic E-state index is 0.321. The first-order valence-electron chi connectivity index (χ1n) is 7.77. The van der Waals surface area contributed by atoms with E-state index in [1.807, 2.05) is 67.6 Å². The lowest BCUT2D eigenvalue weighted by atomic mass is 10.1. The standard InChI is InChI=1S/C21H15NO2/c1-14-5-4-8-18(11-14)20-22-19(21(23)24-20)13-15-9-10-16-6-2-3-7-17(16)12-15/h2-13H,1H3/b19-13-. The van der Waals surface area contributed by atoms with E-state index in [1.54, 1.807) is 6.08 Å². The summed E-state index contributed by atoms with van der Waals surface area (Å²) < 4.78 is 5.32. The fourth-order valence-corrected chi connectivity index (χ4v) is 2.77. The molecular weight excluding hydrogens is 298 g/mol. The monoisotopic (exact) mass is 313 g/mol. The molecule has 0 saturated carbocycles. The number of ether oxygens (including phenoxy) is 1. The maximum Gasteiger partial charge on any atom is 0.363 e. The number of aliphatic imine (C=N–C) groups is 1. The van der Waals surface area contributed by atoms with Gasteiger partial charge in [0.1, 0.15) is 0 Å². The van der Waals surface area contributed by atoms with Crippen LogP contribution in [0.2, 0.25) is 0 Å². The molecule has 0 fully saturated rings. The maximum absolute atomic E-state index is 12.1. The number of benzene rings is 3. The lowest BCUT2D eigenvalue weighted by Gasteiger charge is -2.00. The Balaban J connectivity index is 1.71. The van der Waals surface area contributed by atoms with Crippen LogP contribution in [0.25, 0.3) is 16.8 Å². The fourth-order valence-electron chi connectivity index (χ4n) is 2.77. The van der Waals surface area contributed by atoms with Gasteiger partial charge in [-0.25, -0.2) is 9.79 Å². The van der Waals surface area contributed by atoms with Crippen LogP contribution in [0.5, 0.6) is 0 Å². The number of hydrogen-bond acceptors (Lipinski definition) is 3. The highest BCUT2D eigenvalue weighted by atomic mass is 16.6. The lowest BCUT2D eigenvalue weighted by molar-refractivity contribution is -0.129. The van der Waals surface area contributed by atoms with Gasteiger partial charge in [0.05, 0.1) is 0 Å². The summed E-state index contributed by atoms with van der Waals surface area (Å²) in [7, 11) is 0. The molecule has 3 aromatic rings. The van der Waals surface area contributed by atoms with Crippen molar-refractivity contribution in [1.29, 1.82) is 0 Å². The normalized spacial score (nSPS) is 15.6. The van der Waals surface area contributed by atoms with Gasteiger partial charge in [0, 0.05) is 5.56 Å². The molecule has 0 radical (unpaired) electrons. The van der Waals surface area contributed by atoms with Crippen molar-refractivity contribution >= 4 is 28.7 Å². The van der Waals surface area contributed by atoms with Crippen molar-refractivity contribution in [3.05, 3.63) is 89.1 Å². The molecule has 0 spiro atoms. The molecule has 1 aliphatic heterocycles. The van der Waals surface area contributed by atoms with Gasteiger partial charge < -0.3 is 4.74 Å². The van der Waals surface area contributed by atoms with Gasteiger partial charge in [-0.1, -0.05) is 54.1 Å². The average molecular weight is 313 g/mol. The number of cyclic esters (lactones) is 1. The Labute approximate surface area is 139 Å². The van der Waals surface area contributed by atoms with Crippen LogP contribution in [0, 0.1) is 6.92 Å². The predicted molar refractivity (Wildman–Crippen MR) is 95.7 cm³/mol. The summed E-state index contributed by atoms with van der Waals surface area (Å²) >= 11 is 0. The molecule has 0 atom stereocenters. The molecule has 116 valence electrons. The first-order valence-corrected chi connectivity index (χ1v) is 7.77. The highest BCUT2D eigenvalue weighted by molar-refractivity contribution is 6.13. The van der Waals surface area contributed by atoms with Crippen molar-refractivity contribution in [2.24, 2.45) is 4.99 Å². The molecule has 3 nitrogen and oxygen atoms in total. The van der Waals surface area contributed by atoms with Crippen LogP contribution in [-0.2, 0) is 9.53 Å². The van der Waals surface area contributed by atoms with Crippen LogP contribution in [0.4, 0.5) is 0 Å². The molecule has 1 heterocycles. The average Bonchev–Trinajstić information content (AvgIpc) is 2.96. The Bertz CT molecular complexity index is 1020. The summed E-state index contributed by atoms with van der Waals surface area (Å²) in [5, 5.41) is 2.29. The zero-order valence-corrected chi connectivity index (χ0v) is 13.2. The van der Waals surface area contributed by atoms with Crippen molar-refractivity contribution in [2.45, 2.75) is 6.92 Å². The van der Waals surface area contributed by atoms with E-state index < -0.39 is 5.97 Å². The number of fused-ring (bicyclic) bond motifs is 1. The van der Waals surface area contributed by atoms with Crippen LogP contribution in [0.3, 0.4) is 0 Å². The van der Waals surface area contributed by atoms with Crippen LogP contribution in [0.15, 0.2) is 77.4 Å². The molecule has 0 unspecified atom stereocenters. The van der Waals surface area contributed by atoms with Gasteiger partial charge in [-0.3, -0.25) is 0 Å². The number of rotatable bonds is 2. The fraction of sp³-hybridized carbons (Fsp3) is 0.0476. The minimum Gasteiger partial charge on any atom is -0.402 e. The summed E-state index contributed by atoms with van der Waals surface area (Å²) in [5.74, 6) is -0.0598. The van der Waals surface area contributed by atoms with E-state index in [9.17, 15) is 4.79 Å². The molecular formula is C21H15NO2. The number of carbonyl (C=O) groups is 1. The molecule has 0 aliphatic carbocycles. The molecule has 0 amide bonds. The third kappa shape index (κ3) is 2.72. The number of aryl methyl sites for hydroxylation is 1. The van der Waals surface area contributed by atoms with E-state index in [1.165, 1.54) is 0 Å². The number of esters is 1. The van der Waals surface area contributed by atoms with Gasteiger partial charge in [-0.2, -0.15) is 0 Å². The Morgan fingerprint density at radius 3 is 2.58 bits per heavy atom. The lowest BCUT2D eigenvalue weighted by Crippen LogP contribution is -2.05. The second-order valence-electron chi connectivity index (χ2n) is 5.81. The molecule has 4 rings (SSSR count). The Morgan fingerprint density at radius 1 is 0.917 bits per heavy atom. The zero-order valence-electron chi connectivity index (χ0n) is 13.2. The van der Waals surface area contributed by atoms with Gasteiger partial charge >= 0.3 is 5.97 Å². The molecule has 1 aliphatic rings. The van der Waals surface area contributed by atoms with Crippen molar-refractivity contribution in [1.82, 2.24) is 0 Å². The van der Waals surface area contributed by atoms with E-state index >= 15 is 0 Å². The largest absolute Gasteiger partial charge is 0.402 e. The molecule has 0 aromatic heterocycles. The first-order chi connectivity index (χ1) is 11.7. The molecule has 0 bridgehead atoms. The van der Waals surface area contributed by atoms with Gasteiger partial charge in [-0.05, 0) is 47.5 Å². The van der Waals surface area contributed by atoms with Crippen molar-refractivity contribution in [2.75, 3.05) is 0 Å². The van der Waals surface area contributed by atoms with Gasteiger partial charge in [0.15, 0.2) is 5.70 Å². The van der Waals surface area contributed by atoms with Crippen molar-refractivity contribution in [3.8, 4) is 0 Å². The van der Waals surface area contributed by atoms with Crippen LogP contribution >= 0.6 is 0 Å². The highest BCUT2D eigenvalue weighted by Gasteiger charge is 2.24. The zero-order chi connectivity index (χ0) is 16.5. The Morgan fingerprint density at radius 2 is 1.75 bits per heavy atom. The topological polar surface area (TPSA) is 38.7 Å². The molecule has 0 N–H and O–H groups in total. The Hall–Kier alpha value is -3.20. The number of nitrogens with zero attached hydrogens (tertiary/aromatic N) is 1. The van der Waals surface area contributed by atoms with Gasteiger partial charge in [0.2, 0.25) is 5.90 Å². The second kappa shape index (κ2) is 5.78. The van der Waals surface area contributed by atoms with Crippen LogP contribution < -0.4 is 0 Å².